The summed E-state index contributed by atoms with van der Waals surface area (Å²) < 4.78 is 44.8. The van der Waals surface area contributed by atoms with Crippen molar-refractivity contribution in [1.82, 2.24) is 9.78 Å². The molecule has 0 saturated carbocycles. The molecule has 9 heteroatoms. The number of alkyl halides is 3. The van der Waals surface area contributed by atoms with Crippen LogP contribution in [0.5, 0.6) is 0 Å². The normalized spacial score (nSPS) is 12.8. The monoisotopic (exact) mass is 395 g/mol. The molecule has 2 rings (SSSR count). The number of nitrogens with one attached hydrogen (secondary N) is 1. The van der Waals surface area contributed by atoms with Crippen LogP contribution in [0.3, 0.4) is 0 Å². The highest BCUT2D eigenvalue weighted by atomic mass is 19.4. The fourth-order valence-corrected chi connectivity index (χ4v) is 2.47. The lowest BCUT2D eigenvalue weighted by Gasteiger charge is -2.13. The highest BCUT2D eigenvalue weighted by Crippen LogP contribution is 2.30. The first-order chi connectivity index (χ1) is 13.0. The summed E-state index contributed by atoms with van der Waals surface area (Å²) in [5, 5.41) is 6.52. The third kappa shape index (κ3) is 5.21. The number of hydrogen-bond donors (Lipinski definition) is 1. The molecule has 0 unspecified atom stereocenters. The Hall–Kier alpha value is -3.10. The van der Waals surface area contributed by atoms with Crippen molar-refractivity contribution in [2.75, 3.05) is 5.32 Å². The SMILES string of the molecule is Cc1nn(C)c(C)c1/C=C/C(=O)O[C@H](C)C(=O)Nc1cccc(C(F)(F)F)c1. The Labute approximate surface area is 160 Å². The van der Waals surface area contributed by atoms with Crippen molar-refractivity contribution >= 4 is 23.6 Å². The van der Waals surface area contributed by atoms with Gasteiger partial charge in [-0.1, -0.05) is 6.07 Å². The van der Waals surface area contributed by atoms with Crippen molar-refractivity contribution in [2.45, 2.75) is 33.1 Å². The molecular weight excluding hydrogens is 375 g/mol. The van der Waals surface area contributed by atoms with E-state index in [1.54, 1.807) is 18.7 Å². The number of aryl methyl sites for hydroxylation is 2. The number of benzene rings is 1. The fraction of sp³-hybridized carbons (Fsp3) is 0.316. The maximum atomic E-state index is 12.7. The molecule has 0 spiro atoms. The van der Waals surface area contributed by atoms with E-state index in [9.17, 15) is 22.8 Å². The maximum absolute atomic E-state index is 12.7. The van der Waals surface area contributed by atoms with Crippen molar-refractivity contribution in [3.8, 4) is 0 Å². The van der Waals surface area contributed by atoms with Crippen molar-refractivity contribution in [1.29, 1.82) is 0 Å². The first-order valence-electron chi connectivity index (χ1n) is 8.36. The van der Waals surface area contributed by atoms with Crippen molar-refractivity contribution in [2.24, 2.45) is 7.05 Å². The van der Waals surface area contributed by atoms with Gasteiger partial charge in [-0.15, -0.1) is 0 Å². The van der Waals surface area contributed by atoms with E-state index in [0.29, 0.717) is 0 Å². The highest BCUT2D eigenvalue weighted by Gasteiger charge is 2.30. The van der Waals surface area contributed by atoms with E-state index in [-0.39, 0.29) is 5.69 Å². The predicted molar refractivity (Wildman–Crippen MR) is 97.3 cm³/mol. The summed E-state index contributed by atoms with van der Waals surface area (Å²) in [5.74, 6) is -1.50. The first-order valence-corrected chi connectivity index (χ1v) is 8.36. The lowest BCUT2D eigenvalue weighted by molar-refractivity contribution is -0.148. The number of amides is 1. The molecule has 0 aliphatic rings. The van der Waals surface area contributed by atoms with Gasteiger partial charge in [0.1, 0.15) is 0 Å². The summed E-state index contributed by atoms with van der Waals surface area (Å²) in [6, 6.07) is 4.19. The van der Waals surface area contributed by atoms with E-state index < -0.39 is 29.7 Å². The third-order valence-corrected chi connectivity index (χ3v) is 4.07. The summed E-state index contributed by atoms with van der Waals surface area (Å²) in [4.78, 5) is 24.0. The van der Waals surface area contributed by atoms with E-state index in [1.165, 1.54) is 31.2 Å². The summed E-state index contributed by atoms with van der Waals surface area (Å²) in [6.07, 6.45) is -3.00. The van der Waals surface area contributed by atoms with Gasteiger partial charge in [0.05, 0.1) is 11.3 Å². The molecule has 6 nitrogen and oxygen atoms in total. The number of hydrogen-bond acceptors (Lipinski definition) is 4. The first kappa shape index (κ1) is 21.2. The van der Waals surface area contributed by atoms with E-state index in [0.717, 1.165) is 29.1 Å². The number of halogens is 3. The second-order valence-corrected chi connectivity index (χ2v) is 6.19. The molecular formula is C19H20F3N3O3. The van der Waals surface area contributed by atoms with Crippen molar-refractivity contribution in [3.63, 3.8) is 0 Å². The molecule has 150 valence electrons. The van der Waals surface area contributed by atoms with Gasteiger partial charge in [-0.2, -0.15) is 18.3 Å². The van der Waals surface area contributed by atoms with E-state index in [2.05, 4.69) is 10.4 Å². The molecule has 0 saturated heterocycles. The molecule has 1 N–H and O–H groups in total. The van der Waals surface area contributed by atoms with Crippen LogP contribution in [0.15, 0.2) is 30.3 Å². The Bertz CT molecular complexity index is 917. The Morgan fingerprint density at radius 3 is 2.54 bits per heavy atom. The molecule has 0 bridgehead atoms. The molecule has 0 aliphatic heterocycles. The van der Waals surface area contributed by atoms with Crippen LogP contribution in [0.25, 0.3) is 6.08 Å². The van der Waals surface area contributed by atoms with Crippen LogP contribution < -0.4 is 5.32 Å². The van der Waals surface area contributed by atoms with Gasteiger partial charge in [-0.3, -0.25) is 9.48 Å². The lowest BCUT2D eigenvalue weighted by atomic mass is 10.2. The zero-order chi connectivity index (χ0) is 21.1. The number of rotatable bonds is 5. The van der Waals surface area contributed by atoms with Gasteiger partial charge >= 0.3 is 12.1 Å². The molecule has 1 atom stereocenters. The lowest BCUT2D eigenvalue weighted by Crippen LogP contribution is -2.29. The molecule has 0 fully saturated rings. The summed E-state index contributed by atoms with van der Waals surface area (Å²) in [7, 11) is 1.78. The Kier molecular flexibility index (Phi) is 6.27. The van der Waals surface area contributed by atoms with Crippen LogP contribution in [0.2, 0.25) is 0 Å². The van der Waals surface area contributed by atoms with Crippen LogP contribution in [0, 0.1) is 13.8 Å². The van der Waals surface area contributed by atoms with E-state index >= 15 is 0 Å². The second-order valence-electron chi connectivity index (χ2n) is 6.19. The third-order valence-electron chi connectivity index (χ3n) is 4.07. The number of carbonyl (C=O) groups excluding carboxylic acids is 2. The van der Waals surface area contributed by atoms with Gasteiger partial charge in [0.15, 0.2) is 6.10 Å². The van der Waals surface area contributed by atoms with Gasteiger partial charge in [-0.25, -0.2) is 4.79 Å². The Morgan fingerprint density at radius 1 is 1.29 bits per heavy atom. The van der Waals surface area contributed by atoms with Gasteiger partial charge < -0.3 is 10.1 Å². The molecule has 2 aromatic rings. The Balaban J connectivity index is 1.98. The quantitative estimate of drug-likeness (QED) is 0.620. The minimum atomic E-state index is -4.52. The maximum Gasteiger partial charge on any atom is 0.416 e. The van der Waals surface area contributed by atoms with Gasteiger partial charge in [0, 0.05) is 30.1 Å². The van der Waals surface area contributed by atoms with E-state index in [1.807, 2.05) is 6.92 Å². The number of ether oxygens (including phenoxy) is 1. The molecule has 0 radical (unpaired) electrons. The highest BCUT2D eigenvalue weighted by molar-refractivity contribution is 5.96. The van der Waals surface area contributed by atoms with Crippen LogP contribution in [-0.4, -0.2) is 27.8 Å². The zero-order valence-electron chi connectivity index (χ0n) is 15.8. The molecule has 1 aromatic heterocycles. The van der Waals surface area contributed by atoms with Crippen molar-refractivity contribution < 1.29 is 27.5 Å². The standard InChI is InChI=1S/C19H20F3N3O3/c1-11-16(12(2)25(4)24-11)8-9-17(26)28-13(3)18(27)23-15-7-5-6-14(10-15)19(20,21)22/h5-10,13H,1-4H3,(H,23,27)/b9-8+/t13-/m1/s1. The predicted octanol–water partition coefficient (Wildman–Crippen LogP) is 3.64. The van der Waals surface area contributed by atoms with Crippen LogP contribution >= 0.6 is 0 Å². The van der Waals surface area contributed by atoms with E-state index in [4.69, 9.17) is 4.74 Å². The number of aromatic nitrogens is 2. The average molecular weight is 395 g/mol. The summed E-state index contributed by atoms with van der Waals surface area (Å²) in [6.45, 7) is 4.97. The van der Waals surface area contributed by atoms with Crippen LogP contribution in [-0.2, 0) is 27.5 Å². The second kappa shape index (κ2) is 8.28. The summed E-state index contributed by atoms with van der Waals surface area (Å²) >= 11 is 0. The number of anilines is 1. The zero-order valence-corrected chi connectivity index (χ0v) is 15.8. The largest absolute Gasteiger partial charge is 0.449 e. The molecule has 1 heterocycles. The number of carbonyl (C=O) groups is 2. The van der Waals surface area contributed by atoms with Gasteiger partial charge in [-0.05, 0) is 45.0 Å². The molecule has 1 aromatic carbocycles. The smallest absolute Gasteiger partial charge is 0.416 e. The number of nitrogens with zero attached hydrogens (tertiary/aromatic N) is 2. The number of esters is 1. The molecule has 1 amide bonds. The molecule has 28 heavy (non-hydrogen) atoms. The van der Waals surface area contributed by atoms with Crippen LogP contribution in [0.1, 0.15) is 29.4 Å². The fourth-order valence-electron chi connectivity index (χ4n) is 2.47. The van der Waals surface area contributed by atoms with Gasteiger partial charge in [0.25, 0.3) is 5.91 Å². The van der Waals surface area contributed by atoms with Crippen LogP contribution in [0.4, 0.5) is 18.9 Å². The topological polar surface area (TPSA) is 73.2 Å². The Morgan fingerprint density at radius 2 is 1.96 bits per heavy atom. The minimum Gasteiger partial charge on any atom is -0.449 e. The molecule has 0 aliphatic carbocycles. The average Bonchev–Trinajstić information content (AvgIpc) is 2.84. The van der Waals surface area contributed by atoms with Crippen molar-refractivity contribution in [3.05, 3.63) is 52.9 Å². The van der Waals surface area contributed by atoms with Gasteiger partial charge in [0.2, 0.25) is 0 Å². The minimum absolute atomic E-state index is 0.0418. The summed E-state index contributed by atoms with van der Waals surface area (Å²) in [5.41, 5.74) is 1.43.